The molecule has 4 nitrogen and oxygen atoms in total. The first kappa shape index (κ1) is 25.6. The summed E-state index contributed by atoms with van der Waals surface area (Å²) in [5.74, 6) is 0. The monoisotopic (exact) mass is 370 g/mol. The summed E-state index contributed by atoms with van der Waals surface area (Å²) >= 11 is 0. The van der Waals surface area contributed by atoms with E-state index >= 15 is 0 Å². The van der Waals surface area contributed by atoms with E-state index in [1.54, 1.807) is 0 Å². The smallest absolute Gasteiger partial charge is 0.0572 e. The third-order valence-electron chi connectivity index (χ3n) is 4.76. The molecule has 0 aliphatic carbocycles. The molecule has 0 aromatic carbocycles. The van der Waals surface area contributed by atoms with Crippen LogP contribution in [0.15, 0.2) is 12.2 Å². The Morgan fingerprint density at radius 2 is 1.12 bits per heavy atom. The molecule has 0 fully saturated rings. The molecular weight excluding hydrogens is 324 g/mol. The van der Waals surface area contributed by atoms with E-state index in [2.05, 4.69) is 24.5 Å². The lowest BCUT2D eigenvalue weighted by Crippen LogP contribution is -2.42. The predicted octanol–water partition coefficient (Wildman–Crippen LogP) is 4.82. The van der Waals surface area contributed by atoms with Crippen LogP contribution in [0.25, 0.3) is 0 Å². The van der Waals surface area contributed by atoms with E-state index < -0.39 is 0 Å². The largest absolute Gasteiger partial charge is 0.395 e. The van der Waals surface area contributed by atoms with E-state index in [0.29, 0.717) is 13.1 Å². The molecule has 156 valence electrons. The van der Waals surface area contributed by atoms with E-state index in [0.717, 1.165) is 13.0 Å². The predicted molar refractivity (Wildman–Crippen MR) is 113 cm³/mol. The minimum Gasteiger partial charge on any atom is -0.395 e. The Balaban J connectivity index is 3.22. The van der Waals surface area contributed by atoms with Gasteiger partial charge in [0.2, 0.25) is 0 Å². The van der Waals surface area contributed by atoms with Crippen molar-refractivity contribution in [1.82, 2.24) is 10.4 Å². The quantitative estimate of drug-likeness (QED) is 0.154. The Kier molecular flexibility index (Phi) is 22.3. The Morgan fingerprint density at radius 1 is 0.654 bits per heavy atom. The first-order valence-electron chi connectivity index (χ1n) is 11.2. The fourth-order valence-electron chi connectivity index (χ4n) is 3.12. The van der Waals surface area contributed by atoms with Gasteiger partial charge in [0.05, 0.1) is 13.2 Å². The van der Waals surface area contributed by atoms with Gasteiger partial charge in [-0.1, -0.05) is 76.9 Å². The highest BCUT2D eigenvalue weighted by Gasteiger charge is 2.01. The summed E-state index contributed by atoms with van der Waals surface area (Å²) < 4.78 is 0. The molecule has 0 aliphatic heterocycles. The summed E-state index contributed by atoms with van der Waals surface area (Å²) in [4.78, 5) is 0. The van der Waals surface area contributed by atoms with Gasteiger partial charge >= 0.3 is 0 Å². The first-order chi connectivity index (χ1) is 12.8. The van der Waals surface area contributed by atoms with Crippen LogP contribution in [0.1, 0.15) is 96.8 Å². The molecule has 26 heavy (non-hydrogen) atoms. The van der Waals surface area contributed by atoms with Gasteiger partial charge < -0.3 is 10.2 Å². The molecule has 3 N–H and O–H groups in total. The third-order valence-corrected chi connectivity index (χ3v) is 4.76. The molecule has 0 saturated carbocycles. The van der Waals surface area contributed by atoms with Gasteiger partial charge in [0.25, 0.3) is 0 Å². The lowest BCUT2D eigenvalue weighted by Gasteiger charge is -2.21. The lowest BCUT2D eigenvalue weighted by molar-refractivity contribution is 0.114. The molecule has 0 unspecified atom stereocenters. The summed E-state index contributed by atoms with van der Waals surface area (Å²) in [6.07, 6.45) is 23.3. The Morgan fingerprint density at radius 3 is 1.62 bits per heavy atom. The number of hydrogen-bond acceptors (Lipinski definition) is 4. The number of aliphatic hydroxyl groups is 2. The van der Waals surface area contributed by atoms with Crippen LogP contribution in [0.5, 0.6) is 0 Å². The minimum absolute atomic E-state index is 0.125. The van der Waals surface area contributed by atoms with Crippen molar-refractivity contribution >= 4 is 0 Å². The van der Waals surface area contributed by atoms with Crippen molar-refractivity contribution in [2.75, 3.05) is 32.8 Å². The molecule has 0 heterocycles. The molecule has 0 amide bonds. The van der Waals surface area contributed by atoms with Crippen molar-refractivity contribution in [2.45, 2.75) is 96.8 Å². The van der Waals surface area contributed by atoms with E-state index in [4.69, 9.17) is 10.2 Å². The topological polar surface area (TPSA) is 55.7 Å². The summed E-state index contributed by atoms with van der Waals surface area (Å²) in [5.41, 5.74) is 3.28. The molecule has 0 aromatic rings. The zero-order chi connectivity index (χ0) is 19.1. The molecule has 0 bridgehead atoms. The van der Waals surface area contributed by atoms with Gasteiger partial charge in [0.1, 0.15) is 0 Å². The second-order valence-corrected chi connectivity index (χ2v) is 7.28. The van der Waals surface area contributed by atoms with Crippen molar-refractivity contribution in [2.24, 2.45) is 0 Å². The maximum atomic E-state index is 8.94. The molecule has 0 radical (unpaired) electrons. The molecule has 4 heteroatoms. The highest BCUT2D eigenvalue weighted by atomic mass is 16.3. The van der Waals surface area contributed by atoms with E-state index in [9.17, 15) is 0 Å². The van der Waals surface area contributed by atoms with Crippen LogP contribution in [0.2, 0.25) is 0 Å². The molecule has 0 atom stereocenters. The highest BCUT2D eigenvalue weighted by Crippen LogP contribution is 2.09. The number of unbranched alkanes of at least 4 members (excludes halogenated alkanes) is 12. The Bertz CT molecular complexity index is 279. The van der Waals surface area contributed by atoms with Crippen LogP contribution in [-0.2, 0) is 0 Å². The number of aliphatic hydroxyl groups excluding tert-OH is 2. The zero-order valence-electron chi connectivity index (χ0n) is 17.4. The Hall–Kier alpha value is -0.420. The van der Waals surface area contributed by atoms with E-state index in [1.165, 1.54) is 83.5 Å². The number of nitrogens with one attached hydrogen (secondary N) is 1. The van der Waals surface area contributed by atoms with Gasteiger partial charge in [-0.05, 0) is 32.1 Å². The third kappa shape index (κ3) is 19.9. The number of hydrogen-bond donors (Lipinski definition) is 3. The van der Waals surface area contributed by atoms with Crippen LogP contribution in [-0.4, -0.2) is 48.1 Å². The van der Waals surface area contributed by atoms with Crippen LogP contribution in [0.4, 0.5) is 0 Å². The number of hydrazine groups is 1. The average molecular weight is 371 g/mol. The fraction of sp³-hybridized carbons (Fsp3) is 0.909. The van der Waals surface area contributed by atoms with Gasteiger partial charge in [-0.2, -0.15) is 0 Å². The van der Waals surface area contributed by atoms with Gasteiger partial charge in [0.15, 0.2) is 0 Å². The van der Waals surface area contributed by atoms with Crippen molar-refractivity contribution in [3.63, 3.8) is 0 Å². The molecule has 0 rings (SSSR count). The van der Waals surface area contributed by atoms with Crippen LogP contribution < -0.4 is 5.43 Å². The molecule has 0 aliphatic rings. The van der Waals surface area contributed by atoms with Crippen molar-refractivity contribution < 1.29 is 10.2 Å². The standard InChI is InChI=1S/C22H46N2O2/c1-2-3-4-5-6-7-8-9-10-11-12-13-14-15-16-17-18-23-24(19-21-25)20-22-26/h9-10,23,25-26H,2-8,11-22H2,1H3/b10-9-. The Labute approximate surface area is 163 Å². The van der Waals surface area contributed by atoms with Crippen LogP contribution >= 0.6 is 0 Å². The molecular formula is C22H46N2O2. The SMILES string of the molecule is CCCCCCCC/C=C\CCCCCCCCNN(CCO)CCO. The molecule has 0 saturated heterocycles. The zero-order valence-corrected chi connectivity index (χ0v) is 17.4. The van der Waals surface area contributed by atoms with Crippen molar-refractivity contribution in [3.05, 3.63) is 12.2 Å². The highest BCUT2D eigenvalue weighted by molar-refractivity contribution is 4.81. The number of nitrogens with zero attached hydrogens (tertiary/aromatic N) is 1. The second kappa shape index (κ2) is 22.6. The number of rotatable bonds is 21. The van der Waals surface area contributed by atoms with Gasteiger partial charge in [-0.3, -0.25) is 5.43 Å². The summed E-state index contributed by atoms with van der Waals surface area (Å²) in [7, 11) is 0. The van der Waals surface area contributed by atoms with Gasteiger partial charge in [-0.15, -0.1) is 0 Å². The van der Waals surface area contributed by atoms with Gasteiger partial charge in [-0.25, -0.2) is 5.01 Å². The summed E-state index contributed by atoms with van der Waals surface area (Å²) in [5, 5.41) is 19.8. The normalized spacial score (nSPS) is 11.8. The van der Waals surface area contributed by atoms with E-state index in [1.807, 2.05) is 5.01 Å². The van der Waals surface area contributed by atoms with E-state index in [-0.39, 0.29) is 13.2 Å². The maximum absolute atomic E-state index is 8.94. The summed E-state index contributed by atoms with van der Waals surface area (Å²) in [6, 6.07) is 0. The fourth-order valence-corrected chi connectivity index (χ4v) is 3.12. The van der Waals surface area contributed by atoms with Crippen molar-refractivity contribution in [1.29, 1.82) is 0 Å². The van der Waals surface area contributed by atoms with Gasteiger partial charge in [0, 0.05) is 19.6 Å². The van der Waals surface area contributed by atoms with Crippen LogP contribution in [0.3, 0.4) is 0 Å². The molecule has 0 spiro atoms. The van der Waals surface area contributed by atoms with Crippen molar-refractivity contribution in [3.8, 4) is 0 Å². The average Bonchev–Trinajstić information content (AvgIpc) is 2.64. The summed E-state index contributed by atoms with van der Waals surface area (Å²) in [6.45, 7) is 4.61. The number of allylic oxidation sites excluding steroid dienone is 2. The second-order valence-electron chi connectivity index (χ2n) is 7.28. The molecule has 0 aromatic heterocycles. The maximum Gasteiger partial charge on any atom is 0.0572 e. The first-order valence-corrected chi connectivity index (χ1v) is 11.2. The lowest BCUT2D eigenvalue weighted by atomic mass is 10.1. The minimum atomic E-state index is 0.125. The van der Waals surface area contributed by atoms with Crippen LogP contribution in [0, 0.1) is 0 Å².